The van der Waals surface area contributed by atoms with Gasteiger partial charge in [0.15, 0.2) is 0 Å². The van der Waals surface area contributed by atoms with Gasteiger partial charge in [-0.3, -0.25) is 14.5 Å². The highest BCUT2D eigenvalue weighted by molar-refractivity contribution is 5.83. The monoisotopic (exact) mass is 333 g/mol. The summed E-state index contributed by atoms with van der Waals surface area (Å²) in [4.78, 5) is 26.2. The fraction of sp³-hybridized carbons (Fsp3) is 0.556. The Morgan fingerprint density at radius 2 is 2.00 bits per heavy atom. The average molecular weight is 333 g/mol. The van der Waals surface area contributed by atoms with Gasteiger partial charge in [-0.05, 0) is 24.9 Å². The zero-order valence-electron chi connectivity index (χ0n) is 14.3. The van der Waals surface area contributed by atoms with Crippen LogP contribution in [0.5, 0.6) is 0 Å². The zero-order valence-corrected chi connectivity index (χ0v) is 14.3. The van der Waals surface area contributed by atoms with Gasteiger partial charge >= 0.3 is 0 Å². The first-order chi connectivity index (χ1) is 11.7. The number of methoxy groups -OCH3 is 1. The summed E-state index contributed by atoms with van der Waals surface area (Å²) in [6, 6.07) is 10.1. The van der Waals surface area contributed by atoms with Crippen molar-refractivity contribution >= 4 is 11.8 Å². The third-order valence-corrected chi connectivity index (χ3v) is 4.17. The lowest BCUT2D eigenvalue weighted by molar-refractivity contribution is -0.126. The Morgan fingerprint density at radius 3 is 2.75 bits per heavy atom. The summed E-state index contributed by atoms with van der Waals surface area (Å²) in [7, 11) is 1.59. The summed E-state index contributed by atoms with van der Waals surface area (Å²) in [5.74, 6) is -0.0481. The minimum atomic E-state index is -0.0956. The van der Waals surface area contributed by atoms with E-state index in [0.29, 0.717) is 26.1 Å². The Balaban J connectivity index is 1.72. The van der Waals surface area contributed by atoms with Crippen LogP contribution in [0.1, 0.15) is 24.8 Å². The third kappa shape index (κ3) is 5.94. The second-order valence-electron chi connectivity index (χ2n) is 6.00. The number of rotatable bonds is 9. The molecular formula is C18H27N3O3. The topological polar surface area (TPSA) is 70.7 Å². The van der Waals surface area contributed by atoms with Crippen LogP contribution in [0.15, 0.2) is 30.3 Å². The third-order valence-electron chi connectivity index (χ3n) is 4.17. The molecule has 2 rings (SSSR count). The van der Waals surface area contributed by atoms with Gasteiger partial charge in [0.25, 0.3) is 0 Å². The molecule has 1 aliphatic rings. The maximum Gasteiger partial charge on any atom is 0.237 e. The van der Waals surface area contributed by atoms with Crippen LogP contribution in [-0.2, 0) is 20.9 Å². The molecule has 2 amide bonds. The van der Waals surface area contributed by atoms with Crippen molar-refractivity contribution in [1.82, 2.24) is 15.5 Å². The molecule has 0 unspecified atom stereocenters. The highest BCUT2D eigenvalue weighted by Gasteiger charge is 2.30. The molecule has 1 fully saturated rings. The van der Waals surface area contributed by atoms with Crippen LogP contribution in [0.4, 0.5) is 0 Å². The molecule has 6 nitrogen and oxygen atoms in total. The van der Waals surface area contributed by atoms with Gasteiger partial charge in [0.2, 0.25) is 11.8 Å². The number of ether oxygens (including phenoxy) is 1. The van der Waals surface area contributed by atoms with E-state index in [4.69, 9.17) is 4.74 Å². The van der Waals surface area contributed by atoms with Crippen molar-refractivity contribution in [2.24, 2.45) is 0 Å². The Labute approximate surface area is 143 Å². The SMILES string of the molecule is COCCNC(=O)CCNC(=O)[C@@H]1CCCN1Cc1ccccc1. The maximum atomic E-state index is 12.4. The molecule has 0 saturated carbocycles. The van der Waals surface area contributed by atoms with Crippen LogP contribution in [0.2, 0.25) is 0 Å². The lowest BCUT2D eigenvalue weighted by Gasteiger charge is -2.23. The predicted molar refractivity (Wildman–Crippen MR) is 92.4 cm³/mol. The Bertz CT molecular complexity index is 522. The predicted octanol–water partition coefficient (Wildman–Crippen LogP) is 0.920. The van der Waals surface area contributed by atoms with Gasteiger partial charge in [-0.25, -0.2) is 0 Å². The van der Waals surface area contributed by atoms with E-state index in [9.17, 15) is 9.59 Å². The molecule has 1 saturated heterocycles. The number of hydrogen-bond acceptors (Lipinski definition) is 4. The standard InChI is InChI=1S/C18H27N3O3/c1-24-13-11-19-17(22)9-10-20-18(23)16-8-5-12-21(16)14-15-6-3-2-4-7-15/h2-4,6-7,16H,5,8-14H2,1H3,(H,19,22)(H,20,23)/t16-/m0/s1. The molecule has 1 aromatic carbocycles. The molecule has 0 aromatic heterocycles. The highest BCUT2D eigenvalue weighted by atomic mass is 16.5. The van der Waals surface area contributed by atoms with E-state index in [1.165, 1.54) is 5.56 Å². The van der Waals surface area contributed by atoms with E-state index in [0.717, 1.165) is 25.9 Å². The molecule has 1 aromatic rings. The first kappa shape index (κ1) is 18.4. The summed E-state index contributed by atoms with van der Waals surface area (Å²) in [5, 5.41) is 5.63. The molecule has 0 aliphatic carbocycles. The molecule has 0 bridgehead atoms. The highest BCUT2D eigenvalue weighted by Crippen LogP contribution is 2.20. The summed E-state index contributed by atoms with van der Waals surface area (Å²) in [6.45, 7) is 3.08. The van der Waals surface area contributed by atoms with E-state index in [-0.39, 0.29) is 17.9 Å². The molecular weight excluding hydrogens is 306 g/mol. The van der Waals surface area contributed by atoms with Crippen molar-refractivity contribution in [2.75, 3.05) is 33.4 Å². The lowest BCUT2D eigenvalue weighted by Crippen LogP contribution is -2.43. The van der Waals surface area contributed by atoms with Crippen molar-refractivity contribution < 1.29 is 14.3 Å². The molecule has 24 heavy (non-hydrogen) atoms. The fourth-order valence-corrected chi connectivity index (χ4v) is 2.93. The second kappa shape index (κ2) is 10.1. The molecule has 1 aliphatic heterocycles. The number of nitrogens with zero attached hydrogens (tertiary/aromatic N) is 1. The van der Waals surface area contributed by atoms with E-state index in [2.05, 4.69) is 27.7 Å². The number of likely N-dealkylation sites (tertiary alicyclic amines) is 1. The summed E-state index contributed by atoms with van der Waals surface area (Å²) in [6.07, 6.45) is 2.20. The molecule has 132 valence electrons. The van der Waals surface area contributed by atoms with E-state index in [1.54, 1.807) is 7.11 Å². The van der Waals surface area contributed by atoms with Crippen molar-refractivity contribution in [2.45, 2.75) is 31.8 Å². The zero-order chi connectivity index (χ0) is 17.2. The molecule has 1 atom stereocenters. The second-order valence-corrected chi connectivity index (χ2v) is 6.00. The fourth-order valence-electron chi connectivity index (χ4n) is 2.93. The van der Waals surface area contributed by atoms with Gasteiger partial charge in [-0.2, -0.15) is 0 Å². The molecule has 1 heterocycles. The van der Waals surface area contributed by atoms with Gasteiger partial charge in [0.05, 0.1) is 12.6 Å². The van der Waals surface area contributed by atoms with E-state index in [1.807, 2.05) is 18.2 Å². The van der Waals surface area contributed by atoms with Crippen LogP contribution >= 0.6 is 0 Å². The van der Waals surface area contributed by atoms with Crippen molar-refractivity contribution in [3.63, 3.8) is 0 Å². The van der Waals surface area contributed by atoms with E-state index >= 15 is 0 Å². The molecule has 0 radical (unpaired) electrons. The Hall–Kier alpha value is -1.92. The van der Waals surface area contributed by atoms with Crippen LogP contribution in [0.25, 0.3) is 0 Å². The number of hydrogen-bond donors (Lipinski definition) is 2. The summed E-state index contributed by atoms with van der Waals surface area (Å²) >= 11 is 0. The number of carbonyl (C=O) groups excluding carboxylic acids is 2. The number of benzene rings is 1. The number of amides is 2. The van der Waals surface area contributed by atoms with Crippen LogP contribution in [-0.4, -0.2) is 56.1 Å². The van der Waals surface area contributed by atoms with Crippen molar-refractivity contribution in [3.8, 4) is 0 Å². The minimum Gasteiger partial charge on any atom is -0.383 e. The minimum absolute atomic E-state index is 0.0214. The molecule has 2 N–H and O–H groups in total. The first-order valence-corrected chi connectivity index (χ1v) is 8.52. The Kier molecular flexibility index (Phi) is 7.71. The molecule has 6 heteroatoms. The number of nitrogens with one attached hydrogen (secondary N) is 2. The van der Waals surface area contributed by atoms with Gasteiger partial charge in [0, 0.05) is 33.2 Å². The summed E-state index contributed by atoms with van der Waals surface area (Å²) < 4.78 is 4.87. The van der Waals surface area contributed by atoms with Crippen LogP contribution in [0.3, 0.4) is 0 Å². The maximum absolute atomic E-state index is 12.4. The largest absolute Gasteiger partial charge is 0.383 e. The van der Waals surface area contributed by atoms with Gasteiger partial charge in [-0.15, -0.1) is 0 Å². The van der Waals surface area contributed by atoms with Crippen LogP contribution < -0.4 is 10.6 Å². The van der Waals surface area contributed by atoms with Gasteiger partial charge < -0.3 is 15.4 Å². The van der Waals surface area contributed by atoms with Gasteiger partial charge in [-0.1, -0.05) is 30.3 Å². The van der Waals surface area contributed by atoms with E-state index < -0.39 is 0 Å². The quantitative estimate of drug-likeness (QED) is 0.659. The van der Waals surface area contributed by atoms with Crippen molar-refractivity contribution in [3.05, 3.63) is 35.9 Å². The van der Waals surface area contributed by atoms with Crippen molar-refractivity contribution in [1.29, 1.82) is 0 Å². The lowest BCUT2D eigenvalue weighted by atomic mass is 10.1. The first-order valence-electron chi connectivity index (χ1n) is 8.52. The van der Waals surface area contributed by atoms with Crippen LogP contribution in [0, 0.1) is 0 Å². The average Bonchev–Trinajstić information content (AvgIpc) is 3.04. The summed E-state index contributed by atoms with van der Waals surface area (Å²) in [5.41, 5.74) is 1.22. The number of carbonyl (C=O) groups is 2. The smallest absolute Gasteiger partial charge is 0.237 e. The normalized spacial score (nSPS) is 17.6. The Morgan fingerprint density at radius 1 is 1.21 bits per heavy atom. The molecule has 0 spiro atoms. The van der Waals surface area contributed by atoms with Gasteiger partial charge in [0.1, 0.15) is 0 Å².